The monoisotopic (exact) mass is 494 g/mol. The van der Waals surface area contributed by atoms with Gasteiger partial charge < -0.3 is 9.84 Å². The molecule has 2 aromatic carbocycles. The molecule has 1 aliphatic heterocycles. The molecule has 4 rings (SSSR count). The van der Waals surface area contributed by atoms with Gasteiger partial charge in [-0.05, 0) is 24.6 Å². The average molecular weight is 495 g/mol. The van der Waals surface area contributed by atoms with Crippen LogP contribution in [0.1, 0.15) is 32.5 Å². The Balaban J connectivity index is 1.88. The predicted octanol–water partition coefficient (Wildman–Crippen LogP) is 5.07. The summed E-state index contributed by atoms with van der Waals surface area (Å²) in [7, 11) is 0. The maximum absolute atomic E-state index is 13.2. The van der Waals surface area contributed by atoms with Crippen molar-refractivity contribution in [2.45, 2.75) is 13.0 Å². The lowest BCUT2D eigenvalue weighted by atomic mass is 9.95. The van der Waals surface area contributed by atoms with Crippen molar-refractivity contribution >= 4 is 51.5 Å². The number of anilines is 1. The largest absolute Gasteiger partial charge is 0.507 e. The van der Waals surface area contributed by atoms with E-state index in [2.05, 4.69) is 11.6 Å². The van der Waals surface area contributed by atoms with Gasteiger partial charge in [0.2, 0.25) is 0 Å². The number of rotatable bonds is 6. The number of aryl methyl sites for hydroxylation is 1. The Labute approximate surface area is 204 Å². The predicted molar refractivity (Wildman–Crippen MR) is 130 cm³/mol. The van der Waals surface area contributed by atoms with E-state index in [0.717, 1.165) is 11.3 Å². The summed E-state index contributed by atoms with van der Waals surface area (Å²) in [6.07, 6.45) is 1.44. The summed E-state index contributed by atoms with van der Waals surface area (Å²) in [5.41, 5.74) is 1.21. The number of aliphatic hydroxyl groups is 1. The number of nitrogens with zero attached hydrogens (tertiary/aromatic N) is 2. The van der Waals surface area contributed by atoms with Crippen molar-refractivity contribution in [3.05, 3.63) is 99.5 Å². The van der Waals surface area contributed by atoms with E-state index in [4.69, 9.17) is 16.3 Å². The van der Waals surface area contributed by atoms with Crippen LogP contribution in [-0.2, 0) is 14.3 Å². The lowest BCUT2D eigenvalue weighted by Crippen LogP contribution is -2.29. The molecule has 1 aliphatic rings. The molecule has 1 aromatic heterocycles. The number of hydrogen-bond acceptors (Lipinski definition) is 7. The Morgan fingerprint density at radius 1 is 1.21 bits per heavy atom. The van der Waals surface area contributed by atoms with Crippen LogP contribution in [0.2, 0.25) is 5.02 Å². The van der Waals surface area contributed by atoms with Crippen molar-refractivity contribution in [2.75, 3.05) is 11.5 Å². The lowest BCUT2D eigenvalue weighted by molar-refractivity contribution is -0.132. The standard InChI is InChI=1S/C25H19ClN2O5S/c1-3-13-33-24(32)22-14(2)27-25(34-22)28-19(15-9-11-17(26)12-10-15)18(21(30)23(28)31)20(29)16-7-5-4-6-8-16/h3-12,19,29H,1,13H2,2H3/b20-18+. The van der Waals surface area contributed by atoms with Crippen LogP contribution in [0.3, 0.4) is 0 Å². The van der Waals surface area contributed by atoms with Crippen molar-refractivity contribution in [3.8, 4) is 0 Å². The Kier molecular flexibility index (Phi) is 6.63. The van der Waals surface area contributed by atoms with Gasteiger partial charge in [-0.25, -0.2) is 9.78 Å². The van der Waals surface area contributed by atoms with E-state index in [1.165, 1.54) is 11.0 Å². The zero-order chi connectivity index (χ0) is 24.4. The summed E-state index contributed by atoms with van der Waals surface area (Å²) >= 11 is 6.98. The first kappa shape index (κ1) is 23.4. The highest BCUT2D eigenvalue weighted by Gasteiger charge is 2.48. The van der Waals surface area contributed by atoms with Crippen molar-refractivity contribution in [1.29, 1.82) is 0 Å². The SMILES string of the molecule is C=CCOC(=O)c1sc(N2C(=O)C(=O)/C(=C(/O)c3ccccc3)C2c2ccc(Cl)cc2)nc1C. The molecule has 1 saturated heterocycles. The van der Waals surface area contributed by atoms with E-state index in [9.17, 15) is 19.5 Å². The Bertz CT molecular complexity index is 1310. The fourth-order valence-corrected chi connectivity index (χ4v) is 4.73. The van der Waals surface area contributed by atoms with Crippen LogP contribution in [-0.4, -0.2) is 34.4 Å². The Morgan fingerprint density at radius 3 is 2.53 bits per heavy atom. The van der Waals surface area contributed by atoms with Crippen LogP contribution < -0.4 is 4.90 Å². The number of esters is 1. The Morgan fingerprint density at radius 2 is 1.88 bits per heavy atom. The molecule has 7 nitrogen and oxygen atoms in total. The van der Waals surface area contributed by atoms with Gasteiger partial charge in [0.25, 0.3) is 5.78 Å². The minimum absolute atomic E-state index is 0.0257. The van der Waals surface area contributed by atoms with E-state index < -0.39 is 23.7 Å². The first-order valence-electron chi connectivity index (χ1n) is 10.2. The molecule has 1 amide bonds. The molecule has 1 atom stereocenters. The molecular weight excluding hydrogens is 476 g/mol. The number of ketones is 1. The van der Waals surface area contributed by atoms with Crippen LogP contribution in [0.25, 0.3) is 5.76 Å². The molecule has 9 heteroatoms. The number of carbonyl (C=O) groups is 3. The minimum Gasteiger partial charge on any atom is -0.507 e. The number of benzene rings is 2. The number of Topliss-reactive ketones (excluding diaryl/α,β-unsaturated/α-hetero) is 1. The molecular formula is C25H19ClN2O5S. The van der Waals surface area contributed by atoms with Crippen molar-refractivity contribution in [2.24, 2.45) is 0 Å². The van der Waals surface area contributed by atoms with Crippen LogP contribution in [0.5, 0.6) is 0 Å². The molecule has 172 valence electrons. The molecule has 0 bridgehead atoms. The van der Waals surface area contributed by atoms with Gasteiger partial charge in [0, 0.05) is 10.6 Å². The van der Waals surface area contributed by atoms with Gasteiger partial charge in [0.15, 0.2) is 5.13 Å². The quantitative estimate of drug-likeness (QED) is 0.169. The third-order valence-electron chi connectivity index (χ3n) is 5.19. The molecule has 0 radical (unpaired) electrons. The van der Waals surface area contributed by atoms with E-state index >= 15 is 0 Å². The second kappa shape index (κ2) is 9.62. The highest BCUT2D eigenvalue weighted by atomic mass is 35.5. The molecule has 34 heavy (non-hydrogen) atoms. The first-order chi connectivity index (χ1) is 16.3. The number of ether oxygens (including phenoxy) is 1. The summed E-state index contributed by atoms with van der Waals surface area (Å²) in [5, 5.41) is 11.7. The molecule has 3 aromatic rings. The minimum atomic E-state index is -0.972. The number of carbonyl (C=O) groups excluding carboxylic acids is 3. The normalized spacial score (nSPS) is 17.1. The number of halogens is 1. The number of hydrogen-bond donors (Lipinski definition) is 1. The smallest absolute Gasteiger partial charge is 0.350 e. The molecule has 1 N–H and O–H groups in total. The Hall–Kier alpha value is -3.75. The third kappa shape index (κ3) is 4.25. The topological polar surface area (TPSA) is 96.8 Å². The number of amides is 1. The van der Waals surface area contributed by atoms with Crippen LogP contribution in [0.15, 0.2) is 72.8 Å². The highest BCUT2D eigenvalue weighted by molar-refractivity contribution is 7.17. The summed E-state index contributed by atoms with van der Waals surface area (Å²) in [4.78, 5) is 44.6. The lowest BCUT2D eigenvalue weighted by Gasteiger charge is -2.23. The summed E-state index contributed by atoms with van der Waals surface area (Å²) in [6, 6.07) is 14.1. The summed E-state index contributed by atoms with van der Waals surface area (Å²) < 4.78 is 5.10. The van der Waals surface area contributed by atoms with Crippen LogP contribution in [0, 0.1) is 6.92 Å². The van der Waals surface area contributed by atoms with Crippen molar-refractivity contribution in [3.63, 3.8) is 0 Å². The molecule has 1 unspecified atom stereocenters. The highest BCUT2D eigenvalue weighted by Crippen LogP contribution is 2.44. The molecule has 0 spiro atoms. The van der Waals surface area contributed by atoms with Crippen LogP contribution >= 0.6 is 22.9 Å². The molecule has 0 aliphatic carbocycles. The molecule has 1 fully saturated rings. The fraction of sp³-hybridized carbons (Fsp3) is 0.120. The second-order valence-corrected chi connectivity index (χ2v) is 8.80. The zero-order valence-electron chi connectivity index (χ0n) is 18.0. The molecule has 2 heterocycles. The van der Waals surface area contributed by atoms with Crippen LogP contribution in [0.4, 0.5) is 5.13 Å². The van der Waals surface area contributed by atoms with Gasteiger partial charge in [-0.1, -0.05) is 78.1 Å². The van der Waals surface area contributed by atoms with E-state index in [0.29, 0.717) is 21.8 Å². The zero-order valence-corrected chi connectivity index (χ0v) is 19.6. The fourth-order valence-electron chi connectivity index (χ4n) is 3.62. The summed E-state index contributed by atoms with van der Waals surface area (Å²) in [6.45, 7) is 5.16. The maximum atomic E-state index is 13.2. The maximum Gasteiger partial charge on any atom is 0.350 e. The molecule has 0 saturated carbocycles. The van der Waals surface area contributed by atoms with E-state index in [-0.39, 0.29) is 27.9 Å². The number of aromatic nitrogens is 1. The van der Waals surface area contributed by atoms with E-state index in [1.54, 1.807) is 61.5 Å². The third-order valence-corrected chi connectivity index (χ3v) is 6.58. The van der Waals surface area contributed by atoms with Gasteiger partial charge in [0.05, 0.1) is 17.3 Å². The van der Waals surface area contributed by atoms with Crippen molar-refractivity contribution < 1.29 is 24.2 Å². The second-order valence-electron chi connectivity index (χ2n) is 7.38. The van der Waals surface area contributed by atoms with Gasteiger partial charge in [-0.3, -0.25) is 14.5 Å². The van der Waals surface area contributed by atoms with Gasteiger partial charge in [-0.15, -0.1) is 0 Å². The summed E-state index contributed by atoms with van der Waals surface area (Å²) in [5.74, 6) is -2.63. The number of thiazole rings is 1. The average Bonchev–Trinajstić information content (AvgIpc) is 3.35. The number of aliphatic hydroxyl groups excluding tert-OH is 1. The van der Waals surface area contributed by atoms with Crippen molar-refractivity contribution in [1.82, 2.24) is 4.98 Å². The first-order valence-corrected chi connectivity index (χ1v) is 11.4. The van der Waals surface area contributed by atoms with Gasteiger partial charge >= 0.3 is 11.9 Å². The van der Waals surface area contributed by atoms with E-state index in [1.807, 2.05) is 0 Å². The van der Waals surface area contributed by atoms with Gasteiger partial charge in [-0.2, -0.15) is 0 Å². The van der Waals surface area contributed by atoms with Gasteiger partial charge in [0.1, 0.15) is 17.2 Å².